The minimum Gasteiger partial charge on any atom is -0.455 e. The molecule has 3 heteroatoms. The Kier molecular flexibility index (Phi) is 7.42. The molecule has 0 amide bonds. The maximum Gasteiger partial charge on any atom is 0.143 e. The smallest absolute Gasteiger partial charge is 0.143 e. The maximum atomic E-state index is 6.70. The fraction of sp³-hybridized carbons (Fsp3) is 0.0741. The average Bonchev–Trinajstić information content (AvgIpc) is 3.94. The lowest BCUT2D eigenvalue weighted by Crippen LogP contribution is -2.02. The van der Waals surface area contributed by atoms with Crippen LogP contribution in [0.25, 0.3) is 105 Å². The number of aromatic nitrogens is 1. The largest absolute Gasteiger partial charge is 0.455 e. The zero-order chi connectivity index (χ0) is 38.4. The number of furan rings is 2. The van der Waals surface area contributed by atoms with Crippen molar-refractivity contribution in [3.8, 4) is 50.3 Å². The Labute approximate surface area is 331 Å². The Morgan fingerprint density at radius 2 is 0.895 bits per heavy atom. The molecule has 0 atom stereocenters. The van der Waals surface area contributed by atoms with Crippen molar-refractivity contribution >= 4 is 54.8 Å². The minimum atomic E-state index is 0.896. The normalized spacial score (nSPS) is 11.9. The van der Waals surface area contributed by atoms with Gasteiger partial charge in [-0.25, -0.2) is 0 Å². The van der Waals surface area contributed by atoms with E-state index >= 15 is 0 Å². The molecule has 272 valence electrons. The van der Waals surface area contributed by atoms with E-state index < -0.39 is 0 Å². The van der Waals surface area contributed by atoms with Gasteiger partial charge in [-0.3, -0.25) is 0 Å². The molecule has 11 rings (SSSR count). The summed E-state index contributed by atoms with van der Waals surface area (Å²) in [5, 5.41) is 5.72. The van der Waals surface area contributed by atoms with Crippen LogP contribution in [-0.4, -0.2) is 4.57 Å². The van der Waals surface area contributed by atoms with Gasteiger partial charge in [-0.2, -0.15) is 0 Å². The SMILES string of the molecule is Cc1ccc(-c2cc3ccccc3n2-c2ccc(-c3c(C)c(-c4cccc5c4oc4ccccc45)c(C)c(-c4cccc5c4oc4ccccc45)c3C)cc2)cc1. The molecule has 0 aliphatic carbocycles. The Balaban J connectivity index is 1.17. The van der Waals surface area contributed by atoms with Crippen LogP contribution in [0.3, 0.4) is 0 Å². The molecular formula is C54H39NO2. The van der Waals surface area contributed by atoms with Gasteiger partial charge < -0.3 is 13.4 Å². The number of hydrogen-bond donors (Lipinski definition) is 0. The first-order valence-electron chi connectivity index (χ1n) is 19.7. The summed E-state index contributed by atoms with van der Waals surface area (Å²) in [5.74, 6) is 0. The van der Waals surface area contributed by atoms with Crippen LogP contribution in [0.5, 0.6) is 0 Å². The fourth-order valence-electron chi connectivity index (χ4n) is 9.49. The summed E-state index contributed by atoms with van der Waals surface area (Å²) in [7, 11) is 0. The van der Waals surface area contributed by atoms with Gasteiger partial charge in [0.25, 0.3) is 0 Å². The van der Waals surface area contributed by atoms with Crippen molar-refractivity contribution in [2.24, 2.45) is 0 Å². The van der Waals surface area contributed by atoms with Crippen LogP contribution >= 0.6 is 0 Å². The van der Waals surface area contributed by atoms with Crippen LogP contribution in [0, 0.1) is 27.7 Å². The van der Waals surface area contributed by atoms with Gasteiger partial charge in [0.1, 0.15) is 22.3 Å². The van der Waals surface area contributed by atoms with E-state index in [4.69, 9.17) is 8.83 Å². The average molecular weight is 734 g/mol. The van der Waals surface area contributed by atoms with E-state index in [0.717, 1.165) is 66.3 Å². The molecule has 0 radical (unpaired) electrons. The van der Waals surface area contributed by atoms with E-state index in [9.17, 15) is 0 Å². The summed E-state index contributed by atoms with van der Waals surface area (Å²) in [6.45, 7) is 8.96. The van der Waals surface area contributed by atoms with Crippen LogP contribution in [0.1, 0.15) is 22.3 Å². The topological polar surface area (TPSA) is 31.2 Å². The quantitative estimate of drug-likeness (QED) is 0.176. The number of hydrogen-bond acceptors (Lipinski definition) is 2. The zero-order valence-electron chi connectivity index (χ0n) is 32.4. The second kappa shape index (κ2) is 12.7. The molecular weight excluding hydrogens is 695 g/mol. The molecule has 57 heavy (non-hydrogen) atoms. The number of rotatable bonds is 5. The Morgan fingerprint density at radius 1 is 0.404 bits per heavy atom. The molecule has 0 spiro atoms. The van der Waals surface area contributed by atoms with Crippen molar-refractivity contribution in [3.63, 3.8) is 0 Å². The molecule has 0 aliphatic heterocycles. The van der Waals surface area contributed by atoms with Crippen LogP contribution < -0.4 is 0 Å². The summed E-state index contributed by atoms with van der Waals surface area (Å²) in [5.41, 5.74) is 20.1. The van der Waals surface area contributed by atoms with Crippen molar-refractivity contribution < 1.29 is 8.83 Å². The first-order valence-corrected chi connectivity index (χ1v) is 19.7. The Hall–Kier alpha value is -7.10. The monoisotopic (exact) mass is 733 g/mol. The van der Waals surface area contributed by atoms with Gasteiger partial charge in [-0.1, -0.05) is 133 Å². The summed E-state index contributed by atoms with van der Waals surface area (Å²) < 4.78 is 15.8. The van der Waals surface area contributed by atoms with Gasteiger partial charge in [0.05, 0.1) is 11.2 Å². The lowest BCUT2D eigenvalue weighted by molar-refractivity contribution is 0.670. The summed E-state index contributed by atoms with van der Waals surface area (Å²) in [6.07, 6.45) is 0. The predicted molar refractivity (Wildman–Crippen MR) is 239 cm³/mol. The van der Waals surface area contributed by atoms with Crippen LogP contribution in [0.2, 0.25) is 0 Å². The highest BCUT2D eigenvalue weighted by Gasteiger charge is 2.25. The molecule has 0 N–H and O–H groups in total. The van der Waals surface area contributed by atoms with Crippen molar-refractivity contribution in [2.75, 3.05) is 0 Å². The minimum absolute atomic E-state index is 0.896. The molecule has 0 bridgehead atoms. The van der Waals surface area contributed by atoms with Gasteiger partial charge in [-0.15, -0.1) is 0 Å². The standard InChI is InChI=1S/C54H39NO2/c1-32-23-25-36(26-24-32)47-31-38-13-5-8-20-46(38)55(47)39-29-27-37(28-30-39)50-33(2)51(44-18-11-16-42-40-14-6-9-21-48(40)56-53(42)44)35(4)52(34(50)3)45-19-12-17-43-41-15-7-10-22-49(41)57-54(43)45/h5-31H,1-4H3. The number of fused-ring (bicyclic) bond motifs is 7. The second-order valence-electron chi connectivity index (χ2n) is 15.4. The van der Waals surface area contributed by atoms with Gasteiger partial charge >= 0.3 is 0 Å². The van der Waals surface area contributed by atoms with Gasteiger partial charge in [0.2, 0.25) is 0 Å². The third-order valence-corrected chi connectivity index (χ3v) is 12.1. The van der Waals surface area contributed by atoms with Crippen LogP contribution in [0.4, 0.5) is 0 Å². The lowest BCUT2D eigenvalue weighted by atomic mass is 9.80. The zero-order valence-corrected chi connectivity index (χ0v) is 32.4. The van der Waals surface area contributed by atoms with Gasteiger partial charge in [0, 0.05) is 43.7 Å². The van der Waals surface area contributed by atoms with E-state index in [0.29, 0.717) is 0 Å². The van der Waals surface area contributed by atoms with E-state index in [2.05, 4.69) is 184 Å². The highest BCUT2D eigenvalue weighted by atomic mass is 16.3. The fourth-order valence-corrected chi connectivity index (χ4v) is 9.49. The molecule has 3 aromatic heterocycles. The predicted octanol–water partition coefficient (Wildman–Crippen LogP) is 15.3. The number of para-hydroxylation sites is 5. The van der Waals surface area contributed by atoms with Crippen molar-refractivity contribution in [3.05, 3.63) is 186 Å². The Morgan fingerprint density at radius 3 is 1.49 bits per heavy atom. The number of nitrogens with zero attached hydrogens (tertiary/aromatic N) is 1. The first kappa shape index (κ1) is 33.3. The van der Waals surface area contributed by atoms with E-state index in [1.807, 2.05) is 12.1 Å². The molecule has 0 saturated carbocycles. The third-order valence-electron chi connectivity index (χ3n) is 12.1. The second-order valence-corrected chi connectivity index (χ2v) is 15.4. The maximum absolute atomic E-state index is 6.70. The molecule has 3 heterocycles. The van der Waals surface area contributed by atoms with Crippen molar-refractivity contribution in [1.29, 1.82) is 0 Å². The summed E-state index contributed by atoms with van der Waals surface area (Å²) in [4.78, 5) is 0. The van der Waals surface area contributed by atoms with E-state index in [1.165, 1.54) is 61.1 Å². The molecule has 0 unspecified atom stereocenters. The number of aryl methyl sites for hydroxylation is 1. The van der Waals surface area contributed by atoms with Gasteiger partial charge in [-0.05, 0) is 109 Å². The molecule has 0 saturated heterocycles. The molecule has 8 aromatic carbocycles. The third kappa shape index (κ3) is 5.05. The van der Waals surface area contributed by atoms with Crippen molar-refractivity contribution in [1.82, 2.24) is 4.57 Å². The molecule has 0 aliphatic rings. The highest BCUT2D eigenvalue weighted by molar-refractivity contribution is 6.13. The van der Waals surface area contributed by atoms with Crippen LogP contribution in [-0.2, 0) is 0 Å². The van der Waals surface area contributed by atoms with Crippen LogP contribution in [0.15, 0.2) is 173 Å². The highest BCUT2D eigenvalue weighted by Crippen LogP contribution is 2.48. The lowest BCUT2D eigenvalue weighted by Gasteiger charge is -2.24. The first-order chi connectivity index (χ1) is 27.9. The molecule has 11 aromatic rings. The van der Waals surface area contributed by atoms with E-state index in [1.54, 1.807) is 0 Å². The van der Waals surface area contributed by atoms with Crippen molar-refractivity contribution in [2.45, 2.75) is 27.7 Å². The molecule has 3 nitrogen and oxygen atoms in total. The number of benzene rings is 8. The van der Waals surface area contributed by atoms with Gasteiger partial charge in [0.15, 0.2) is 0 Å². The summed E-state index contributed by atoms with van der Waals surface area (Å²) >= 11 is 0. The Bertz CT molecular complexity index is 3230. The van der Waals surface area contributed by atoms with E-state index in [-0.39, 0.29) is 0 Å². The molecule has 0 fully saturated rings. The summed E-state index contributed by atoms with van der Waals surface area (Å²) in [6, 6.07) is 58.7.